The molecule has 1 heterocycles. The van der Waals surface area contributed by atoms with Crippen molar-refractivity contribution in [2.75, 3.05) is 6.54 Å². The molecule has 0 amide bonds. The van der Waals surface area contributed by atoms with Gasteiger partial charge in [0.1, 0.15) is 5.82 Å². The second kappa shape index (κ2) is 7.36. The van der Waals surface area contributed by atoms with E-state index in [2.05, 4.69) is 24.3 Å². The molecule has 1 aromatic heterocycles. The van der Waals surface area contributed by atoms with Crippen molar-refractivity contribution >= 4 is 0 Å². The largest absolute Gasteiger partial charge is 0.310 e. The van der Waals surface area contributed by atoms with Crippen LogP contribution in [-0.4, -0.2) is 16.3 Å². The third-order valence-corrected chi connectivity index (χ3v) is 3.67. The Balaban J connectivity index is 2.27. The zero-order chi connectivity index (χ0) is 15.2. The predicted molar refractivity (Wildman–Crippen MR) is 83.7 cm³/mol. The molecule has 0 aliphatic carbocycles. The highest BCUT2D eigenvalue weighted by atomic mass is 19.1. The summed E-state index contributed by atoms with van der Waals surface area (Å²) >= 11 is 0. The Bertz CT molecular complexity index is 577. The van der Waals surface area contributed by atoms with Crippen molar-refractivity contribution in [3.8, 4) is 0 Å². The second-order valence-electron chi connectivity index (χ2n) is 5.36. The van der Waals surface area contributed by atoms with Crippen LogP contribution in [0.5, 0.6) is 0 Å². The lowest BCUT2D eigenvalue weighted by Crippen LogP contribution is -2.25. The normalized spacial score (nSPS) is 12.6. The predicted octanol–water partition coefficient (Wildman–Crippen LogP) is 3.41. The van der Waals surface area contributed by atoms with Gasteiger partial charge in [-0.1, -0.05) is 32.0 Å². The third kappa shape index (κ3) is 3.91. The van der Waals surface area contributed by atoms with E-state index in [-0.39, 0.29) is 11.9 Å². The standard InChI is InChI=1S/C17H24FN3/c1-4-10-19-17(11-13-8-6-7-9-15(13)18)14-12-21(3)20-16(14)5-2/h6-9,12,17,19H,4-5,10-11H2,1-3H3. The second-order valence-corrected chi connectivity index (χ2v) is 5.36. The fourth-order valence-electron chi connectivity index (χ4n) is 2.61. The number of aromatic nitrogens is 2. The Labute approximate surface area is 126 Å². The summed E-state index contributed by atoms with van der Waals surface area (Å²) in [5.41, 5.74) is 3.01. The first-order chi connectivity index (χ1) is 10.2. The van der Waals surface area contributed by atoms with Crippen molar-refractivity contribution in [2.24, 2.45) is 7.05 Å². The van der Waals surface area contributed by atoms with Gasteiger partial charge in [-0.2, -0.15) is 5.10 Å². The van der Waals surface area contributed by atoms with Crippen LogP contribution in [0, 0.1) is 5.82 Å². The van der Waals surface area contributed by atoms with Crippen LogP contribution in [0.2, 0.25) is 0 Å². The quantitative estimate of drug-likeness (QED) is 0.846. The van der Waals surface area contributed by atoms with Crippen LogP contribution in [-0.2, 0) is 19.9 Å². The molecule has 1 aromatic carbocycles. The molecular weight excluding hydrogens is 265 g/mol. The summed E-state index contributed by atoms with van der Waals surface area (Å²) in [6.45, 7) is 5.15. The summed E-state index contributed by atoms with van der Waals surface area (Å²) in [5, 5.41) is 8.03. The zero-order valence-electron chi connectivity index (χ0n) is 13.1. The van der Waals surface area contributed by atoms with Crippen molar-refractivity contribution in [2.45, 2.75) is 39.2 Å². The minimum atomic E-state index is -0.136. The number of rotatable bonds is 7. The highest BCUT2D eigenvalue weighted by Gasteiger charge is 2.19. The van der Waals surface area contributed by atoms with Crippen LogP contribution in [0.1, 0.15) is 43.1 Å². The molecule has 21 heavy (non-hydrogen) atoms. The van der Waals surface area contributed by atoms with Gasteiger partial charge in [0.25, 0.3) is 0 Å². The lowest BCUT2D eigenvalue weighted by molar-refractivity contribution is 0.510. The lowest BCUT2D eigenvalue weighted by atomic mass is 9.98. The van der Waals surface area contributed by atoms with Crippen molar-refractivity contribution in [1.29, 1.82) is 0 Å². The van der Waals surface area contributed by atoms with Gasteiger partial charge in [-0.3, -0.25) is 4.68 Å². The van der Waals surface area contributed by atoms with E-state index in [0.29, 0.717) is 6.42 Å². The van der Waals surface area contributed by atoms with Crippen molar-refractivity contribution < 1.29 is 4.39 Å². The van der Waals surface area contributed by atoms with E-state index < -0.39 is 0 Å². The van der Waals surface area contributed by atoms with Gasteiger partial charge < -0.3 is 5.32 Å². The highest BCUT2D eigenvalue weighted by Crippen LogP contribution is 2.23. The molecule has 0 saturated heterocycles. The fourth-order valence-corrected chi connectivity index (χ4v) is 2.61. The van der Waals surface area contributed by atoms with Gasteiger partial charge in [-0.25, -0.2) is 4.39 Å². The molecule has 0 bridgehead atoms. The first-order valence-corrected chi connectivity index (χ1v) is 7.64. The van der Waals surface area contributed by atoms with Gasteiger partial charge in [0, 0.05) is 24.8 Å². The van der Waals surface area contributed by atoms with E-state index >= 15 is 0 Å². The molecule has 0 aliphatic rings. The van der Waals surface area contributed by atoms with Crippen molar-refractivity contribution in [3.05, 3.63) is 53.1 Å². The Morgan fingerprint density at radius 1 is 1.29 bits per heavy atom. The summed E-state index contributed by atoms with van der Waals surface area (Å²) in [5.74, 6) is -0.136. The van der Waals surface area contributed by atoms with Gasteiger partial charge in [0.2, 0.25) is 0 Å². The van der Waals surface area contributed by atoms with Crippen molar-refractivity contribution in [3.63, 3.8) is 0 Å². The summed E-state index contributed by atoms with van der Waals surface area (Å²) in [4.78, 5) is 0. The highest BCUT2D eigenvalue weighted by molar-refractivity contribution is 5.26. The molecule has 114 valence electrons. The van der Waals surface area contributed by atoms with Gasteiger partial charge in [0.15, 0.2) is 0 Å². The number of halogens is 1. The van der Waals surface area contributed by atoms with Gasteiger partial charge in [-0.15, -0.1) is 0 Å². The third-order valence-electron chi connectivity index (χ3n) is 3.67. The average molecular weight is 289 g/mol. The van der Waals surface area contributed by atoms with Crippen molar-refractivity contribution in [1.82, 2.24) is 15.1 Å². The Hall–Kier alpha value is -1.68. The molecule has 1 atom stereocenters. The monoisotopic (exact) mass is 289 g/mol. The van der Waals surface area contributed by atoms with E-state index in [1.54, 1.807) is 6.07 Å². The number of benzene rings is 1. The Morgan fingerprint density at radius 2 is 2.05 bits per heavy atom. The van der Waals surface area contributed by atoms with Crippen LogP contribution < -0.4 is 5.32 Å². The zero-order valence-corrected chi connectivity index (χ0v) is 13.1. The Kier molecular flexibility index (Phi) is 5.51. The maximum atomic E-state index is 13.9. The molecule has 3 nitrogen and oxygen atoms in total. The Morgan fingerprint density at radius 3 is 2.71 bits per heavy atom. The molecule has 1 N–H and O–H groups in total. The first kappa shape index (κ1) is 15.7. The molecule has 0 radical (unpaired) electrons. The topological polar surface area (TPSA) is 29.9 Å². The molecule has 2 aromatic rings. The molecule has 4 heteroatoms. The molecule has 0 aliphatic heterocycles. The van der Waals surface area contributed by atoms with Gasteiger partial charge in [0.05, 0.1) is 5.69 Å². The molecular formula is C17H24FN3. The SMILES string of the molecule is CCCNC(Cc1ccccc1F)c1cn(C)nc1CC. The fraction of sp³-hybridized carbons (Fsp3) is 0.471. The van der Waals surface area contributed by atoms with E-state index in [9.17, 15) is 4.39 Å². The summed E-state index contributed by atoms with van der Waals surface area (Å²) in [7, 11) is 1.93. The van der Waals surface area contributed by atoms with Gasteiger partial charge >= 0.3 is 0 Å². The van der Waals surface area contributed by atoms with E-state index in [1.165, 1.54) is 11.6 Å². The number of nitrogens with zero attached hydrogens (tertiary/aromatic N) is 2. The molecule has 2 rings (SSSR count). The van der Waals surface area contributed by atoms with E-state index in [1.807, 2.05) is 30.1 Å². The summed E-state index contributed by atoms with van der Waals surface area (Å²) < 4.78 is 15.8. The molecule has 0 spiro atoms. The maximum Gasteiger partial charge on any atom is 0.126 e. The summed E-state index contributed by atoms with van der Waals surface area (Å²) in [6, 6.07) is 7.10. The van der Waals surface area contributed by atoms with Crippen LogP contribution in [0.15, 0.2) is 30.5 Å². The van der Waals surface area contributed by atoms with E-state index in [0.717, 1.165) is 30.6 Å². The molecule has 0 saturated carbocycles. The summed E-state index contributed by atoms with van der Waals surface area (Å²) in [6.07, 6.45) is 4.63. The first-order valence-electron chi connectivity index (χ1n) is 7.64. The molecule has 1 unspecified atom stereocenters. The smallest absolute Gasteiger partial charge is 0.126 e. The number of hydrogen-bond donors (Lipinski definition) is 1. The van der Waals surface area contributed by atoms with E-state index in [4.69, 9.17) is 0 Å². The lowest BCUT2D eigenvalue weighted by Gasteiger charge is -2.19. The number of hydrogen-bond acceptors (Lipinski definition) is 2. The minimum absolute atomic E-state index is 0.102. The molecule has 0 fully saturated rings. The van der Waals surface area contributed by atoms with Crippen LogP contribution in [0.4, 0.5) is 4.39 Å². The van der Waals surface area contributed by atoms with Crippen LogP contribution in [0.25, 0.3) is 0 Å². The minimum Gasteiger partial charge on any atom is -0.310 e. The average Bonchev–Trinajstić information content (AvgIpc) is 2.86. The van der Waals surface area contributed by atoms with Crippen LogP contribution >= 0.6 is 0 Å². The maximum absolute atomic E-state index is 13.9. The van der Waals surface area contributed by atoms with Crippen LogP contribution in [0.3, 0.4) is 0 Å². The number of nitrogens with one attached hydrogen (secondary N) is 1. The number of aryl methyl sites for hydroxylation is 2. The van der Waals surface area contributed by atoms with Gasteiger partial charge in [-0.05, 0) is 37.4 Å².